The second kappa shape index (κ2) is 10.9. The number of para-hydroxylation sites is 2. The Morgan fingerprint density at radius 3 is 2.33 bits per heavy atom. The summed E-state index contributed by atoms with van der Waals surface area (Å²) < 4.78 is 17.6. The van der Waals surface area contributed by atoms with E-state index in [0.29, 0.717) is 17.4 Å². The van der Waals surface area contributed by atoms with Crippen molar-refractivity contribution in [1.29, 1.82) is 0 Å². The number of hydrogen-bond donors (Lipinski definition) is 1. The van der Waals surface area contributed by atoms with Crippen molar-refractivity contribution in [2.24, 2.45) is 0 Å². The zero-order chi connectivity index (χ0) is 30.5. The third-order valence-corrected chi connectivity index (χ3v) is 9.73. The first-order valence-corrected chi connectivity index (χ1v) is 16.1. The molecule has 6 nitrogen and oxygen atoms in total. The van der Waals surface area contributed by atoms with Crippen LogP contribution >= 0.6 is 0 Å². The number of aryl methyl sites for hydroxylation is 1. The minimum atomic E-state index is -1.28. The number of esters is 1. The monoisotopic (exact) mass is 595 g/mol. The molecule has 45 heavy (non-hydrogen) atoms. The number of cyclic esters (lactones) is 1. The Bertz CT molecular complexity index is 2050. The van der Waals surface area contributed by atoms with Gasteiger partial charge >= 0.3 is 5.97 Å². The molecule has 1 atom stereocenters. The van der Waals surface area contributed by atoms with Crippen molar-refractivity contribution in [1.82, 2.24) is 8.97 Å². The van der Waals surface area contributed by atoms with Crippen molar-refractivity contribution in [2.45, 2.75) is 57.2 Å². The molecule has 1 fully saturated rings. The lowest BCUT2D eigenvalue weighted by atomic mass is 9.79. The van der Waals surface area contributed by atoms with Gasteiger partial charge in [-0.05, 0) is 61.7 Å². The molecule has 6 aromatic rings. The van der Waals surface area contributed by atoms with Crippen LogP contribution in [0.2, 0.25) is 0 Å². The Labute approximate surface area is 263 Å². The fourth-order valence-electron chi connectivity index (χ4n) is 7.74. The number of carbonyl (C=O) groups is 1. The van der Waals surface area contributed by atoms with Gasteiger partial charge in [-0.3, -0.25) is 4.40 Å². The number of methoxy groups -OCH3 is 1. The zero-order valence-corrected chi connectivity index (χ0v) is 25.8. The fraction of sp³-hybridized carbons (Fsp3) is 0.256. The summed E-state index contributed by atoms with van der Waals surface area (Å²) in [6, 6.07) is 35.6. The van der Waals surface area contributed by atoms with Crippen molar-refractivity contribution >= 4 is 28.3 Å². The molecule has 0 bridgehead atoms. The van der Waals surface area contributed by atoms with E-state index in [2.05, 4.69) is 94.0 Å². The molecule has 0 saturated heterocycles. The molecule has 2 aliphatic rings. The Morgan fingerprint density at radius 2 is 1.56 bits per heavy atom. The first kappa shape index (κ1) is 27.6. The number of benzene rings is 4. The Morgan fingerprint density at radius 1 is 0.822 bits per heavy atom. The normalized spacial score (nSPS) is 18.3. The molecule has 3 heterocycles. The van der Waals surface area contributed by atoms with E-state index in [-0.39, 0.29) is 5.97 Å². The van der Waals surface area contributed by atoms with Gasteiger partial charge < -0.3 is 19.4 Å². The molecule has 2 aromatic heterocycles. The van der Waals surface area contributed by atoms with E-state index in [4.69, 9.17) is 9.47 Å². The van der Waals surface area contributed by atoms with E-state index in [1.807, 2.05) is 30.3 Å². The predicted molar refractivity (Wildman–Crippen MR) is 179 cm³/mol. The molecule has 0 spiro atoms. The third-order valence-electron chi connectivity index (χ3n) is 9.73. The Hall–Kier alpha value is -4.97. The van der Waals surface area contributed by atoms with E-state index < -0.39 is 5.60 Å². The van der Waals surface area contributed by atoms with Crippen LogP contribution in [0.3, 0.4) is 0 Å². The SMILES string of the molecule is CCn1c2ccccc2n2c(C3(c4ccc(NC5CCCCC5)cc4OC)OC(=O)c4ccccc43)c(-c3ccccc3)cc12. The lowest BCUT2D eigenvalue weighted by molar-refractivity contribution is 0.0233. The van der Waals surface area contributed by atoms with Crippen LogP contribution in [-0.2, 0) is 16.9 Å². The van der Waals surface area contributed by atoms with Crippen LogP contribution in [0.15, 0.2) is 103 Å². The number of fused-ring (bicyclic) bond motifs is 4. The minimum absolute atomic E-state index is 0.342. The number of rotatable bonds is 7. The van der Waals surface area contributed by atoms with Crippen molar-refractivity contribution < 1.29 is 14.3 Å². The molecular weight excluding hydrogens is 558 g/mol. The fourth-order valence-corrected chi connectivity index (χ4v) is 7.74. The molecule has 1 aliphatic carbocycles. The first-order chi connectivity index (χ1) is 22.1. The van der Waals surface area contributed by atoms with Crippen molar-refractivity contribution in [3.8, 4) is 16.9 Å². The first-order valence-electron chi connectivity index (χ1n) is 16.1. The third kappa shape index (κ3) is 4.19. The number of carbonyl (C=O) groups excluding carboxylic acids is 1. The van der Waals surface area contributed by atoms with Gasteiger partial charge in [0.25, 0.3) is 0 Å². The molecule has 0 radical (unpaired) electrons. The Kier molecular flexibility index (Phi) is 6.67. The lowest BCUT2D eigenvalue weighted by Gasteiger charge is -2.33. The second-order valence-electron chi connectivity index (χ2n) is 12.2. The molecule has 1 saturated carbocycles. The highest BCUT2D eigenvalue weighted by Crippen LogP contribution is 2.54. The summed E-state index contributed by atoms with van der Waals surface area (Å²) in [5.74, 6) is 0.332. The average molecular weight is 596 g/mol. The summed E-state index contributed by atoms with van der Waals surface area (Å²) in [5.41, 5.74) is 8.09. The van der Waals surface area contributed by atoms with Crippen LogP contribution in [0.1, 0.15) is 66.2 Å². The maximum Gasteiger partial charge on any atom is 0.340 e. The maximum atomic E-state index is 13.9. The summed E-state index contributed by atoms with van der Waals surface area (Å²) in [6.45, 7) is 2.96. The van der Waals surface area contributed by atoms with Gasteiger partial charge in [-0.15, -0.1) is 0 Å². The van der Waals surface area contributed by atoms with Crippen LogP contribution in [0.4, 0.5) is 5.69 Å². The van der Waals surface area contributed by atoms with Gasteiger partial charge in [0.15, 0.2) is 0 Å². The number of nitrogens with one attached hydrogen (secondary N) is 1. The zero-order valence-electron chi connectivity index (χ0n) is 25.8. The smallest absolute Gasteiger partial charge is 0.340 e. The quantitative estimate of drug-likeness (QED) is 0.187. The summed E-state index contributed by atoms with van der Waals surface area (Å²) in [4.78, 5) is 13.9. The van der Waals surface area contributed by atoms with Gasteiger partial charge in [-0.2, -0.15) is 0 Å². The number of anilines is 1. The Balaban J connectivity index is 1.47. The number of imidazole rings is 1. The number of ether oxygens (including phenoxy) is 2. The largest absolute Gasteiger partial charge is 0.496 e. The van der Waals surface area contributed by atoms with E-state index in [1.54, 1.807) is 7.11 Å². The molecule has 1 unspecified atom stereocenters. The van der Waals surface area contributed by atoms with E-state index in [1.165, 1.54) is 32.1 Å². The summed E-state index contributed by atoms with van der Waals surface area (Å²) >= 11 is 0. The van der Waals surface area contributed by atoms with E-state index in [9.17, 15) is 4.79 Å². The molecule has 8 rings (SSSR count). The standard InChI is InChI=1S/C39H37N3O3/c1-3-41-33-20-12-13-21-34(33)42-36(41)25-30(26-14-6-4-7-15-26)37(42)39(31-19-11-10-18-29(31)38(43)45-39)32-23-22-28(24-35(32)44-2)40-27-16-8-5-9-17-27/h4,6-7,10-15,18-25,27,40H,3,5,8-9,16-17H2,1-2H3. The topological polar surface area (TPSA) is 56.9 Å². The summed E-state index contributed by atoms with van der Waals surface area (Å²) in [6.07, 6.45) is 6.14. The highest BCUT2D eigenvalue weighted by molar-refractivity contribution is 5.98. The summed E-state index contributed by atoms with van der Waals surface area (Å²) in [7, 11) is 1.70. The molecule has 1 N–H and O–H groups in total. The molecule has 1 aliphatic heterocycles. The number of hydrogen-bond acceptors (Lipinski definition) is 4. The van der Waals surface area contributed by atoms with Crippen LogP contribution < -0.4 is 10.1 Å². The van der Waals surface area contributed by atoms with Crippen LogP contribution in [-0.4, -0.2) is 28.1 Å². The number of aromatic nitrogens is 2. The summed E-state index contributed by atoms with van der Waals surface area (Å²) in [5, 5.41) is 3.75. The van der Waals surface area contributed by atoms with Crippen molar-refractivity contribution in [3.05, 3.63) is 126 Å². The van der Waals surface area contributed by atoms with Crippen LogP contribution in [0, 0.1) is 0 Å². The number of nitrogens with zero attached hydrogens (tertiary/aromatic N) is 2. The highest BCUT2D eigenvalue weighted by atomic mass is 16.6. The highest BCUT2D eigenvalue weighted by Gasteiger charge is 2.53. The van der Waals surface area contributed by atoms with Gasteiger partial charge in [0.1, 0.15) is 11.4 Å². The van der Waals surface area contributed by atoms with Gasteiger partial charge in [-0.25, -0.2) is 4.79 Å². The second-order valence-corrected chi connectivity index (χ2v) is 12.2. The van der Waals surface area contributed by atoms with Gasteiger partial charge in [0.05, 0.1) is 29.4 Å². The molecule has 6 heteroatoms. The van der Waals surface area contributed by atoms with Crippen molar-refractivity contribution in [2.75, 3.05) is 12.4 Å². The van der Waals surface area contributed by atoms with E-state index >= 15 is 0 Å². The molecule has 226 valence electrons. The van der Waals surface area contributed by atoms with Crippen molar-refractivity contribution in [3.63, 3.8) is 0 Å². The molecule has 4 aromatic carbocycles. The average Bonchev–Trinajstić information content (AvgIpc) is 3.73. The minimum Gasteiger partial charge on any atom is -0.496 e. The molecule has 0 amide bonds. The molecular formula is C39H37N3O3. The predicted octanol–water partition coefficient (Wildman–Crippen LogP) is 8.80. The lowest BCUT2D eigenvalue weighted by Crippen LogP contribution is -2.32. The van der Waals surface area contributed by atoms with E-state index in [0.717, 1.165) is 56.9 Å². The maximum absolute atomic E-state index is 13.9. The van der Waals surface area contributed by atoms with Gasteiger partial charge in [0, 0.05) is 41.0 Å². The van der Waals surface area contributed by atoms with Crippen LogP contribution in [0.25, 0.3) is 27.8 Å². The van der Waals surface area contributed by atoms with Gasteiger partial charge in [0.2, 0.25) is 5.60 Å². The van der Waals surface area contributed by atoms with Crippen LogP contribution in [0.5, 0.6) is 5.75 Å². The van der Waals surface area contributed by atoms with Gasteiger partial charge in [-0.1, -0.05) is 79.9 Å².